The molecule has 9 nitrogen and oxygen atoms in total. The van der Waals surface area contributed by atoms with Crippen LogP contribution >= 0.6 is 0 Å². The van der Waals surface area contributed by atoms with E-state index in [2.05, 4.69) is 29.8 Å². The molecule has 2 aliphatic rings. The van der Waals surface area contributed by atoms with Crippen LogP contribution in [0.1, 0.15) is 18.5 Å². The Kier molecular flexibility index (Phi) is 6.98. The fourth-order valence-corrected chi connectivity index (χ4v) is 5.43. The van der Waals surface area contributed by atoms with Gasteiger partial charge in [0.15, 0.2) is 5.75 Å². The highest BCUT2D eigenvalue weighted by Gasteiger charge is 2.55. The zero-order valence-corrected chi connectivity index (χ0v) is 23.1. The third-order valence-electron chi connectivity index (χ3n) is 7.91. The molecule has 1 saturated heterocycles. The van der Waals surface area contributed by atoms with Crippen molar-refractivity contribution in [2.75, 3.05) is 38.5 Å². The number of aryl methyl sites for hydroxylation is 1. The van der Waals surface area contributed by atoms with E-state index in [1.807, 2.05) is 32.2 Å². The van der Waals surface area contributed by atoms with E-state index in [9.17, 15) is 22.8 Å². The van der Waals surface area contributed by atoms with Gasteiger partial charge in [0.25, 0.3) is 5.56 Å². The lowest BCUT2D eigenvalue weighted by Gasteiger charge is -2.37. The number of anilines is 1. The van der Waals surface area contributed by atoms with Crippen LogP contribution in [0, 0.1) is 6.92 Å². The number of pyridine rings is 1. The maximum Gasteiger partial charge on any atom is 0.573 e. The molecule has 12 heteroatoms. The van der Waals surface area contributed by atoms with Crippen molar-refractivity contribution in [1.82, 2.24) is 24.3 Å². The Hall–Kier alpha value is -4.29. The molecule has 0 radical (unpaired) electrons. The smallest absolute Gasteiger partial charge is 0.404 e. The van der Waals surface area contributed by atoms with Crippen molar-refractivity contribution in [2.24, 2.45) is 0 Å². The molecule has 0 unspecified atom stereocenters. The summed E-state index contributed by atoms with van der Waals surface area (Å²) < 4.78 is 45.2. The van der Waals surface area contributed by atoms with Gasteiger partial charge in [0.2, 0.25) is 5.91 Å². The van der Waals surface area contributed by atoms with Crippen LogP contribution in [0.3, 0.4) is 0 Å². The number of halogens is 3. The minimum absolute atomic E-state index is 0.178. The molecule has 218 valence electrons. The van der Waals surface area contributed by atoms with E-state index < -0.39 is 29.1 Å². The second-order valence-corrected chi connectivity index (χ2v) is 10.8. The van der Waals surface area contributed by atoms with Crippen molar-refractivity contribution in [3.05, 3.63) is 77.0 Å². The number of carbonyl (C=O) groups excluding carboxylic acids is 1. The van der Waals surface area contributed by atoms with Gasteiger partial charge in [-0.1, -0.05) is 12.1 Å². The monoisotopic (exact) mass is 578 g/mol. The topological polar surface area (TPSA) is 92.6 Å². The molecule has 0 bridgehead atoms. The van der Waals surface area contributed by atoms with Gasteiger partial charge in [-0.2, -0.15) is 0 Å². The maximum absolute atomic E-state index is 13.5. The summed E-state index contributed by atoms with van der Waals surface area (Å²) in [6.07, 6.45) is -2.42. The van der Waals surface area contributed by atoms with Crippen molar-refractivity contribution in [1.29, 1.82) is 0 Å². The summed E-state index contributed by atoms with van der Waals surface area (Å²) in [6.45, 7) is 4.87. The van der Waals surface area contributed by atoms with E-state index in [1.165, 1.54) is 23.0 Å². The number of ether oxygens (including phenoxy) is 1. The molecule has 0 atom stereocenters. The number of amides is 1. The molecule has 4 aromatic rings. The minimum atomic E-state index is -4.97. The number of alkyl halides is 3. The van der Waals surface area contributed by atoms with Gasteiger partial charge in [-0.05, 0) is 69.3 Å². The van der Waals surface area contributed by atoms with Gasteiger partial charge >= 0.3 is 6.36 Å². The largest absolute Gasteiger partial charge is 0.573 e. The van der Waals surface area contributed by atoms with Crippen molar-refractivity contribution in [3.8, 4) is 22.7 Å². The molecule has 1 saturated carbocycles. The molecule has 1 aliphatic carbocycles. The first kappa shape index (κ1) is 27.9. The maximum atomic E-state index is 13.5. The lowest BCUT2D eigenvalue weighted by atomic mass is 10.1. The molecule has 0 spiro atoms. The van der Waals surface area contributed by atoms with Gasteiger partial charge in [0.05, 0.1) is 28.0 Å². The zero-order chi connectivity index (χ0) is 29.6. The van der Waals surface area contributed by atoms with Gasteiger partial charge in [0, 0.05) is 37.4 Å². The molecule has 42 heavy (non-hydrogen) atoms. The molecule has 2 fully saturated rings. The van der Waals surface area contributed by atoms with Crippen LogP contribution in [0.15, 0.2) is 65.7 Å². The second-order valence-electron chi connectivity index (χ2n) is 10.8. The summed E-state index contributed by atoms with van der Waals surface area (Å²) in [6, 6.07) is 14.6. The number of hydrogen-bond acceptors (Lipinski definition) is 7. The first-order chi connectivity index (χ1) is 20.0. The van der Waals surface area contributed by atoms with Crippen molar-refractivity contribution < 1.29 is 22.7 Å². The standard InChI is InChI=1S/C30H29F3N6O3/c1-19-4-3-5-23(35-19)20-6-8-22-24(16-20)34-18-39(27(22)40)21-7-9-26(42-30(31,32)33)25(17-21)36-28(41)29(10-11-29)38-14-12-37(2)13-15-38/h3-9,16-18H,10-15H2,1-2H3,(H,36,41). The minimum Gasteiger partial charge on any atom is -0.404 e. The van der Waals surface area contributed by atoms with Gasteiger partial charge in [0.1, 0.15) is 11.9 Å². The Morgan fingerprint density at radius 2 is 1.79 bits per heavy atom. The van der Waals surface area contributed by atoms with Crippen molar-refractivity contribution in [3.63, 3.8) is 0 Å². The van der Waals surface area contributed by atoms with Crippen LogP contribution in [0.25, 0.3) is 27.8 Å². The number of aromatic nitrogens is 3. The number of benzene rings is 2. The van der Waals surface area contributed by atoms with E-state index >= 15 is 0 Å². The quantitative estimate of drug-likeness (QED) is 0.363. The molecule has 2 aromatic carbocycles. The van der Waals surface area contributed by atoms with Gasteiger partial charge in [-0.15, -0.1) is 13.2 Å². The lowest BCUT2D eigenvalue weighted by molar-refractivity contribution is -0.274. The van der Waals surface area contributed by atoms with E-state index in [4.69, 9.17) is 0 Å². The summed E-state index contributed by atoms with van der Waals surface area (Å²) in [4.78, 5) is 40.2. The summed E-state index contributed by atoms with van der Waals surface area (Å²) in [5.74, 6) is -0.955. The number of carbonyl (C=O) groups is 1. The molecular formula is C30H29F3N6O3. The Bertz CT molecular complexity index is 1730. The Morgan fingerprint density at radius 3 is 2.48 bits per heavy atom. The zero-order valence-electron chi connectivity index (χ0n) is 23.1. The van der Waals surface area contributed by atoms with Crippen molar-refractivity contribution >= 4 is 22.5 Å². The molecule has 6 rings (SSSR count). The highest BCUT2D eigenvalue weighted by Crippen LogP contribution is 2.44. The van der Waals surface area contributed by atoms with Gasteiger partial charge < -0.3 is 15.0 Å². The predicted molar refractivity (Wildman–Crippen MR) is 152 cm³/mol. The molecule has 1 amide bonds. The Balaban J connectivity index is 1.34. The van der Waals surface area contributed by atoms with Crippen LogP contribution in [0.2, 0.25) is 0 Å². The number of piperazine rings is 1. The van der Waals surface area contributed by atoms with E-state index in [0.717, 1.165) is 36.1 Å². The Labute approximate surface area is 239 Å². The van der Waals surface area contributed by atoms with Crippen LogP contribution < -0.4 is 15.6 Å². The fraction of sp³-hybridized carbons (Fsp3) is 0.333. The summed E-state index contributed by atoms with van der Waals surface area (Å²) in [5.41, 5.74) is 1.71. The van der Waals surface area contributed by atoms with Crippen LogP contribution in [0.4, 0.5) is 18.9 Å². The third-order valence-corrected chi connectivity index (χ3v) is 7.91. The fourth-order valence-electron chi connectivity index (χ4n) is 5.43. The summed E-state index contributed by atoms with van der Waals surface area (Å²) >= 11 is 0. The SMILES string of the molecule is Cc1cccc(-c2ccc3c(=O)n(-c4ccc(OC(F)(F)F)c(NC(=O)C5(N6CCN(C)CC6)CC5)c4)cnc3c2)n1. The van der Waals surface area contributed by atoms with E-state index in [0.29, 0.717) is 36.8 Å². The highest BCUT2D eigenvalue weighted by atomic mass is 19.4. The van der Waals surface area contributed by atoms with Crippen LogP contribution in [-0.2, 0) is 4.79 Å². The number of rotatable bonds is 6. The number of nitrogens with one attached hydrogen (secondary N) is 1. The highest BCUT2D eigenvalue weighted by molar-refractivity contribution is 6.01. The molecular weight excluding hydrogens is 549 g/mol. The average molecular weight is 579 g/mol. The van der Waals surface area contributed by atoms with Crippen molar-refractivity contribution in [2.45, 2.75) is 31.7 Å². The van der Waals surface area contributed by atoms with Crippen LogP contribution in [-0.4, -0.2) is 75.4 Å². The predicted octanol–water partition coefficient (Wildman–Crippen LogP) is 4.37. The first-order valence-corrected chi connectivity index (χ1v) is 13.6. The molecule has 1 aliphatic heterocycles. The van der Waals surface area contributed by atoms with E-state index in [-0.39, 0.29) is 11.4 Å². The number of nitrogens with zero attached hydrogens (tertiary/aromatic N) is 5. The van der Waals surface area contributed by atoms with Gasteiger partial charge in [-0.3, -0.25) is 24.0 Å². The number of hydrogen-bond donors (Lipinski definition) is 1. The van der Waals surface area contributed by atoms with E-state index in [1.54, 1.807) is 18.2 Å². The first-order valence-electron chi connectivity index (χ1n) is 13.6. The van der Waals surface area contributed by atoms with Gasteiger partial charge in [-0.25, -0.2) is 4.98 Å². The summed E-state index contributed by atoms with van der Waals surface area (Å²) in [5, 5.41) is 3.00. The van der Waals surface area contributed by atoms with Crippen LogP contribution in [0.5, 0.6) is 5.75 Å². The third kappa shape index (κ3) is 5.47. The Morgan fingerprint density at radius 1 is 1.02 bits per heavy atom. The summed E-state index contributed by atoms with van der Waals surface area (Å²) in [7, 11) is 2.01. The number of fused-ring (bicyclic) bond motifs is 1. The molecule has 2 aromatic heterocycles. The normalized spacial score (nSPS) is 17.3. The second kappa shape index (κ2) is 10.5. The molecule has 3 heterocycles. The molecule has 1 N–H and O–H groups in total. The average Bonchev–Trinajstić information content (AvgIpc) is 3.76. The number of likely N-dealkylation sites (N-methyl/N-ethyl adjacent to an activating group) is 1. The lowest BCUT2D eigenvalue weighted by Crippen LogP contribution is -2.54.